The number of nitrogens with zero attached hydrogens (tertiary/aromatic N) is 8. The quantitative estimate of drug-likeness (QED) is 0.133. The topological polar surface area (TPSA) is 64.5 Å². The van der Waals surface area contributed by atoms with Gasteiger partial charge in [0, 0.05) is 84.2 Å². The Morgan fingerprint density at radius 3 is 1.87 bits per heavy atom. The summed E-state index contributed by atoms with van der Waals surface area (Å²) in [6, 6.07) is 44.9. The van der Waals surface area contributed by atoms with Gasteiger partial charge in [0.25, 0.3) is 0 Å². The van der Waals surface area contributed by atoms with Gasteiger partial charge in [-0.3, -0.25) is 4.98 Å². The molecule has 2 aliphatic heterocycles. The van der Waals surface area contributed by atoms with Gasteiger partial charge < -0.3 is 19.6 Å². The molecule has 3 aromatic heterocycles. The molecule has 0 amide bonds. The maximum absolute atomic E-state index is 9.31. The van der Waals surface area contributed by atoms with Gasteiger partial charge in [-0.25, -0.2) is 15.0 Å². The van der Waals surface area contributed by atoms with Crippen molar-refractivity contribution in [3.8, 4) is 55.6 Å². The van der Waals surface area contributed by atoms with E-state index >= 15 is 0 Å². The van der Waals surface area contributed by atoms with Crippen LogP contribution in [0.1, 0.15) is 49.7 Å². The molecule has 11 aromatic rings. The molecular weight excluding hydrogens is 1120 g/mol. The van der Waals surface area contributed by atoms with Gasteiger partial charge in [-0.15, -0.1) is 53.8 Å². The Morgan fingerprint density at radius 1 is 0.545 bits per heavy atom. The molecule has 5 heterocycles. The summed E-state index contributed by atoms with van der Waals surface area (Å²) >= 11 is 0. The number of pyridine rings is 2. The van der Waals surface area contributed by atoms with Crippen LogP contribution >= 0.6 is 0 Å². The van der Waals surface area contributed by atoms with E-state index in [0.717, 1.165) is 50.3 Å². The van der Waals surface area contributed by atoms with Gasteiger partial charge in [-0.2, -0.15) is 6.07 Å². The Morgan fingerprint density at radius 2 is 1.19 bits per heavy atom. The molecule has 0 fully saturated rings. The molecule has 8 aromatic carbocycles. The van der Waals surface area contributed by atoms with Crippen molar-refractivity contribution in [3.05, 3.63) is 261 Å². The molecule has 0 saturated carbocycles. The molecule has 2 aliphatic rings. The van der Waals surface area contributed by atoms with E-state index in [-0.39, 0.29) is 54.9 Å². The molecule has 0 N–H and O–H groups in total. The number of para-hydroxylation sites is 1. The van der Waals surface area contributed by atoms with Crippen LogP contribution in [0.5, 0.6) is 0 Å². The number of rotatable bonds is 9. The third kappa shape index (κ3) is 9.04. The minimum atomic E-state index is -2.94. The van der Waals surface area contributed by atoms with Crippen LogP contribution in [0.25, 0.3) is 55.6 Å². The zero-order chi connectivity index (χ0) is 62.5. The van der Waals surface area contributed by atoms with Crippen LogP contribution in [-0.4, -0.2) is 19.9 Å². The first kappa shape index (κ1) is 36.1. The summed E-state index contributed by atoms with van der Waals surface area (Å²) in [7, 11) is 0. The molecule has 8 nitrogen and oxygen atoms in total. The third-order valence-corrected chi connectivity index (χ3v) is 13.5. The van der Waals surface area contributed by atoms with Crippen molar-refractivity contribution in [1.82, 2.24) is 19.9 Å². The molecular formula is C68H51N8Pt-3. The van der Waals surface area contributed by atoms with Crippen molar-refractivity contribution < 1.29 is 38.9 Å². The molecule has 0 atom stereocenters. The van der Waals surface area contributed by atoms with Crippen LogP contribution in [0.15, 0.2) is 231 Å². The van der Waals surface area contributed by atoms with Crippen LogP contribution in [0.2, 0.25) is 0 Å². The van der Waals surface area contributed by atoms with Gasteiger partial charge in [0.1, 0.15) is 17.5 Å². The van der Waals surface area contributed by atoms with Crippen LogP contribution < -0.4 is 19.6 Å². The Bertz CT molecular complexity index is 4530. The van der Waals surface area contributed by atoms with Crippen molar-refractivity contribution in [2.75, 3.05) is 19.6 Å². The number of hydrogen-bond acceptors (Lipinski definition) is 8. The molecule has 0 aliphatic carbocycles. The zero-order valence-electron chi connectivity index (χ0n) is 54.6. The average molecular weight is 1190 g/mol. The maximum Gasteiger partial charge on any atom is 0.145 e. The van der Waals surface area contributed by atoms with E-state index in [1.165, 1.54) is 29.4 Å². The Hall–Kier alpha value is -8.97. The fourth-order valence-electron chi connectivity index (χ4n) is 9.95. The van der Waals surface area contributed by atoms with E-state index < -0.39 is 84.0 Å². The molecule has 13 rings (SSSR count). The predicted octanol–water partition coefficient (Wildman–Crippen LogP) is 17.5. The zero-order valence-corrected chi connectivity index (χ0v) is 43.9. The van der Waals surface area contributed by atoms with Gasteiger partial charge in [0.05, 0.1) is 19.4 Å². The van der Waals surface area contributed by atoms with Crippen LogP contribution in [-0.2, 0) is 26.5 Å². The first-order valence-corrected chi connectivity index (χ1v) is 24.5. The molecule has 0 saturated heterocycles. The summed E-state index contributed by atoms with van der Waals surface area (Å²) in [4.78, 5) is 26.7. The summed E-state index contributed by atoms with van der Waals surface area (Å²) in [5.74, 6) is 0.939. The van der Waals surface area contributed by atoms with E-state index in [4.69, 9.17) is 27.3 Å². The largest absolute Gasteiger partial charge is 0.477 e. The first-order chi connectivity index (χ1) is 42.6. The first-order valence-electron chi connectivity index (χ1n) is 31.0. The van der Waals surface area contributed by atoms with E-state index in [2.05, 4.69) is 67.1 Å². The van der Waals surface area contributed by atoms with Gasteiger partial charge >= 0.3 is 0 Å². The van der Waals surface area contributed by atoms with Gasteiger partial charge in [-0.05, 0) is 88.1 Å². The van der Waals surface area contributed by atoms with Crippen LogP contribution in [0, 0.1) is 25.7 Å². The van der Waals surface area contributed by atoms with Crippen LogP contribution in [0.3, 0.4) is 0 Å². The molecule has 9 heteroatoms. The summed E-state index contributed by atoms with van der Waals surface area (Å²) in [5, 5.41) is 0. The number of hydrogen-bond donors (Lipinski definition) is 0. The number of aryl methyl sites for hydroxylation is 1. The number of aromatic nitrogens is 4. The van der Waals surface area contributed by atoms with Gasteiger partial charge in [-0.1, -0.05) is 177 Å². The summed E-state index contributed by atoms with van der Waals surface area (Å²) < 4.78 is 116. The standard InChI is InChI=1S/C68H51N8.Pt/c1-46-37-59(48-21-11-6-12-22-48)65(60(38-46)49-23-13-7-14-24-49)74-45-73(66-67(74)72-36-35-71-66)54-39-50(47-19-9-5-10-20-47)40-55(42-54)75(52-25-15-8-16-26-52)53-29-30-58-56-27-17-18-28-57(56)61-44-69-33-32-62(61)76(63(58)43-53)64-41-51(31-34-70-64)68(2,3)4;/h5-41,44-45H,1-4H3;/q-3;/i1D3,6D,7D,11D,12D,13D,14D,21D,22D,23D,24D;. The molecule has 0 spiro atoms. The van der Waals surface area contributed by atoms with Crippen molar-refractivity contribution >= 4 is 57.3 Å². The summed E-state index contributed by atoms with van der Waals surface area (Å²) in [5.41, 5.74) is 8.11. The second-order valence-corrected chi connectivity index (χ2v) is 19.2. The minimum Gasteiger partial charge on any atom is -0.477 e. The van der Waals surface area contributed by atoms with E-state index in [1.54, 1.807) is 17.8 Å². The normalized spacial score (nSPS) is 15.0. The second kappa shape index (κ2) is 20.3. The number of anilines is 10. The Labute approximate surface area is 483 Å². The van der Waals surface area contributed by atoms with Gasteiger partial charge in [0.15, 0.2) is 0 Å². The van der Waals surface area contributed by atoms with E-state index in [0.29, 0.717) is 28.6 Å². The fourth-order valence-corrected chi connectivity index (χ4v) is 9.95. The second-order valence-electron chi connectivity index (χ2n) is 19.2. The fraction of sp³-hybridized carbons (Fsp3) is 0.0735. The minimum absolute atomic E-state index is 0. The summed E-state index contributed by atoms with van der Waals surface area (Å²) in [6.07, 6.45) is 8.37. The number of benzene rings is 8. The molecule has 77 heavy (non-hydrogen) atoms. The average Bonchev–Trinajstić information content (AvgIpc) is 1.32. The predicted molar refractivity (Wildman–Crippen MR) is 310 cm³/mol. The molecule has 0 unspecified atom stereocenters. The third-order valence-electron chi connectivity index (χ3n) is 13.5. The van der Waals surface area contributed by atoms with E-state index in [1.807, 2.05) is 120 Å². The molecule has 0 bridgehead atoms. The number of fused-ring (bicyclic) bond motifs is 6. The molecule has 376 valence electrons. The van der Waals surface area contributed by atoms with Crippen LogP contribution in [0.4, 0.5) is 57.3 Å². The summed E-state index contributed by atoms with van der Waals surface area (Å²) in [6.45, 7) is 5.12. The smallest absolute Gasteiger partial charge is 0.145 e. The monoisotopic (exact) mass is 1190 g/mol. The Balaban J connectivity index is 0.00000785. The van der Waals surface area contributed by atoms with Gasteiger partial charge in [0.2, 0.25) is 0 Å². The molecule has 0 radical (unpaired) electrons. The maximum atomic E-state index is 9.31. The Kier molecular flexibility index (Phi) is 9.51. The van der Waals surface area contributed by atoms with Crippen molar-refractivity contribution in [1.29, 1.82) is 0 Å². The van der Waals surface area contributed by atoms with Crippen molar-refractivity contribution in [3.63, 3.8) is 0 Å². The van der Waals surface area contributed by atoms with Crippen molar-refractivity contribution in [2.24, 2.45) is 0 Å². The van der Waals surface area contributed by atoms with Crippen molar-refractivity contribution in [2.45, 2.75) is 33.0 Å². The van der Waals surface area contributed by atoms with E-state index in [9.17, 15) is 5.48 Å². The SMILES string of the molecule is [2H]c1c([2H])c([2H])c(-c2cc(C([2H])([2H])[2H])cc(-c3c([2H])c([2H])c([2H])c([2H])c3[2H])c2N2[CH-]N(c3[c-]c(N(c4[c-]c5c(cc4)-c4ccccc4-c4cnccc4N5c4cc(C(C)(C)C)ccn4)c4ccccc4)cc(-c4ccccc4)c3)c3nccnc32)c([2H])c1[2H].[Pt].